The molecule has 0 aliphatic heterocycles. The molecule has 0 atom stereocenters. The number of fused-ring (bicyclic) bond motifs is 6. The summed E-state index contributed by atoms with van der Waals surface area (Å²) < 4.78 is 4.46. The van der Waals surface area contributed by atoms with Gasteiger partial charge in [0.25, 0.3) is 0 Å². The van der Waals surface area contributed by atoms with Gasteiger partial charge >= 0.3 is 0 Å². The minimum atomic E-state index is 0.562. The highest BCUT2D eigenvalue weighted by Crippen LogP contribution is 2.39. The average Bonchev–Trinajstić information content (AvgIpc) is 3.70. The topological polar surface area (TPSA) is 81.2 Å². The lowest BCUT2D eigenvalue weighted by molar-refractivity contribution is 1.18. The van der Waals surface area contributed by atoms with Crippen LogP contribution in [0.15, 0.2) is 152 Å². The number of hydrogen-bond donors (Lipinski definition) is 0. The summed E-state index contributed by atoms with van der Waals surface area (Å²) in [6.07, 6.45) is 0. The summed E-state index contributed by atoms with van der Waals surface area (Å²) in [4.78, 5) is 0. The summed E-state index contributed by atoms with van der Waals surface area (Å²) >= 11 is 0. The van der Waals surface area contributed by atoms with Gasteiger partial charge in [-0.15, -0.1) is 0 Å². The Morgan fingerprint density at radius 3 is 1.60 bits per heavy atom. The van der Waals surface area contributed by atoms with Crippen molar-refractivity contribution in [3.63, 3.8) is 0 Å². The first-order chi connectivity index (χ1) is 24.7. The number of nitriles is 3. The summed E-state index contributed by atoms with van der Waals surface area (Å²) in [7, 11) is 0. The van der Waals surface area contributed by atoms with Crippen LogP contribution < -0.4 is 0 Å². The Morgan fingerprint density at radius 2 is 0.940 bits per heavy atom. The van der Waals surface area contributed by atoms with Gasteiger partial charge in [-0.1, -0.05) is 72.8 Å². The van der Waals surface area contributed by atoms with E-state index in [1.165, 1.54) is 0 Å². The Morgan fingerprint density at radius 1 is 0.380 bits per heavy atom. The van der Waals surface area contributed by atoms with E-state index in [9.17, 15) is 15.8 Å². The Bertz CT molecular complexity index is 2920. The molecule has 230 valence electrons. The smallest absolute Gasteiger partial charge is 0.0998 e. The number of rotatable bonds is 4. The van der Waals surface area contributed by atoms with E-state index >= 15 is 0 Å². The highest BCUT2D eigenvalue weighted by molar-refractivity contribution is 6.11. The first-order valence-corrected chi connectivity index (χ1v) is 16.3. The van der Waals surface area contributed by atoms with Gasteiger partial charge in [0, 0.05) is 38.4 Å². The minimum absolute atomic E-state index is 0.562. The Kier molecular flexibility index (Phi) is 6.56. The third kappa shape index (κ3) is 4.38. The van der Waals surface area contributed by atoms with E-state index in [1.807, 2.05) is 72.8 Å². The number of aromatic nitrogens is 2. The highest BCUT2D eigenvalue weighted by Gasteiger charge is 2.18. The fourth-order valence-corrected chi connectivity index (χ4v) is 7.40. The average molecular weight is 636 g/mol. The van der Waals surface area contributed by atoms with Crippen LogP contribution in [0.2, 0.25) is 0 Å². The van der Waals surface area contributed by atoms with Crippen molar-refractivity contribution in [3.8, 4) is 51.8 Å². The lowest BCUT2D eigenvalue weighted by Gasteiger charge is -2.16. The molecule has 0 unspecified atom stereocenters. The summed E-state index contributed by atoms with van der Waals surface area (Å²) in [6, 6.07) is 57.8. The van der Waals surface area contributed by atoms with Crippen LogP contribution in [0.4, 0.5) is 0 Å². The van der Waals surface area contributed by atoms with Gasteiger partial charge in [0.1, 0.15) is 0 Å². The molecular formula is C45H25N5. The van der Waals surface area contributed by atoms with Crippen LogP contribution >= 0.6 is 0 Å². The molecule has 5 heteroatoms. The Hall–Kier alpha value is -7.39. The second-order valence-electron chi connectivity index (χ2n) is 12.3. The van der Waals surface area contributed by atoms with Crippen LogP contribution in [0.1, 0.15) is 16.7 Å². The van der Waals surface area contributed by atoms with Crippen molar-refractivity contribution in [1.82, 2.24) is 9.13 Å². The van der Waals surface area contributed by atoms with Crippen LogP contribution in [0, 0.1) is 34.0 Å². The van der Waals surface area contributed by atoms with Crippen molar-refractivity contribution < 1.29 is 0 Å². The molecule has 2 aromatic heterocycles. The molecule has 9 aromatic rings. The first-order valence-electron chi connectivity index (χ1n) is 16.3. The molecule has 5 nitrogen and oxygen atoms in total. The molecule has 0 N–H and O–H groups in total. The van der Waals surface area contributed by atoms with Crippen molar-refractivity contribution in [3.05, 3.63) is 168 Å². The molecule has 0 amide bonds. The van der Waals surface area contributed by atoms with Crippen LogP contribution in [0.25, 0.3) is 77.2 Å². The van der Waals surface area contributed by atoms with E-state index in [1.54, 1.807) is 0 Å². The van der Waals surface area contributed by atoms with E-state index in [0.29, 0.717) is 16.7 Å². The summed E-state index contributed by atoms with van der Waals surface area (Å²) in [5, 5.41) is 34.3. The predicted molar refractivity (Wildman–Crippen MR) is 200 cm³/mol. The number of hydrogen-bond acceptors (Lipinski definition) is 3. The SMILES string of the molecule is N#Cc1ccc(-n2c3ccccc3c3ccccc32)c(-c2cccc(-c3cc(-n4c5ccccc5c5cc(C#N)ccc54)ccc3C#N)c2)c1. The van der Waals surface area contributed by atoms with Crippen molar-refractivity contribution in [2.75, 3.05) is 0 Å². The minimum Gasteiger partial charge on any atom is -0.309 e. The number of para-hydroxylation sites is 3. The van der Waals surface area contributed by atoms with Crippen LogP contribution in [0.3, 0.4) is 0 Å². The van der Waals surface area contributed by atoms with E-state index in [4.69, 9.17) is 0 Å². The summed E-state index contributed by atoms with van der Waals surface area (Å²) in [5.74, 6) is 0. The largest absolute Gasteiger partial charge is 0.309 e. The monoisotopic (exact) mass is 635 g/mol. The van der Waals surface area contributed by atoms with Crippen molar-refractivity contribution in [1.29, 1.82) is 15.8 Å². The van der Waals surface area contributed by atoms with Gasteiger partial charge in [0.2, 0.25) is 0 Å². The fourth-order valence-electron chi connectivity index (χ4n) is 7.40. The molecule has 9 rings (SSSR count). The third-order valence-electron chi connectivity index (χ3n) is 9.61. The molecule has 50 heavy (non-hydrogen) atoms. The first kappa shape index (κ1) is 28.8. The van der Waals surface area contributed by atoms with E-state index in [2.05, 4.69) is 106 Å². The molecule has 0 saturated heterocycles. The lowest BCUT2D eigenvalue weighted by atomic mass is 9.94. The molecule has 0 aliphatic rings. The lowest BCUT2D eigenvalue weighted by Crippen LogP contribution is -1.98. The highest BCUT2D eigenvalue weighted by atomic mass is 15.0. The quantitative estimate of drug-likeness (QED) is 0.193. The summed E-state index contributed by atoms with van der Waals surface area (Å²) in [6.45, 7) is 0. The van der Waals surface area contributed by atoms with Gasteiger partial charge in [0.15, 0.2) is 0 Å². The van der Waals surface area contributed by atoms with Crippen LogP contribution in [0.5, 0.6) is 0 Å². The molecule has 0 radical (unpaired) electrons. The second-order valence-corrected chi connectivity index (χ2v) is 12.3. The maximum atomic E-state index is 10.3. The van der Waals surface area contributed by atoms with Gasteiger partial charge in [-0.2, -0.15) is 15.8 Å². The van der Waals surface area contributed by atoms with E-state index < -0.39 is 0 Å². The molecular weight excluding hydrogens is 611 g/mol. The second kappa shape index (κ2) is 11.4. The third-order valence-corrected chi connectivity index (χ3v) is 9.61. The van der Waals surface area contributed by atoms with E-state index in [0.717, 1.165) is 77.2 Å². The molecule has 7 aromatic carbocycles. The van der Waals surface area contributed by atoms with Gasteiger partial charge in [-0.05, 0) is 90.0 Å². The Balaban J connectivity index is 1.25. The zero-order chi connectivity index (χ0) is 33.8. The molecule has 2 heterocycles. The van der Waals surface area contributed by atoms with Gasteiger partial charge in [0.05, 0.1) is 62.7 Å². The summed E-state index contributed by atoms with van der Waals surface area (Å²) in [5.41, 5.74) is 11.4. The van der Waals surface area contributed by atoms with Crippen molar-refractivity contribution >= 4 is 43.6 Å². The maximum Gasteiger partial charge on any atom is 0.0998 e. The molecule has 0 saturated carbocycles. The predicted octanol–water partition coefficient (Wildman–Crippen LogP) is 10.8. The van der Waals surface area contributed by atoms with Crippen molar-refractivity contribution in [2.45, 2.75) is 0 Å². The zero-order valence-corrected chi connectivity index (χ0v) is 26.7. The van der Waals surface area contributed by atoms with Crippen LogP contribution in [-0.2, 0) is 0 Å². The van der Waals surface area contributed by atoms with Gasteiger partial charge < -0.3 is 9.13 Å². The normalized spacial score (nSPS) is 11.1. The Labute approximate surface area is 287 Å². The standard InChI is InChI=1S/C45H25N5/c46-26-29-16-20-44(50-42-14-5-1-10-35(42)36-11-2-6-15-43(36)50)39(22-29)32-9-7-8-31(24-32)38-25-34(19-18-33(38)28-48)49-41-13-4-3-12-37(41)40-23-30(27-47)17-21-45(40)49/h1-25H. The zero-order valence-electron chi connectivity index (χ0n) is 26.7. The maximum absolute atomic E-state index is 10.3. The molecule has 0 spiro atoms. The van der Waals surface area contributed by atoms with E-state index in [-0.39, 0.29) is 0 Å². The molecule has 0 aliphatic carbocycles. The van der Waals surface area contributed by atoms with Crippen molar-refractivity contribution in [2.24, 2.45) is 0 Å². The van der Waals surface area contributed by atoms with Crippen LogP contribution in [-0.4, -0.2) is 9.13 Å². The molecule has 0 fully saturated rings. The number of nitrogens with zero attached hydrogens (tertiary/aromatic N) is 5. The number of benzene rings is 7. The van der Waals surface area contributed by atoms with Gasteiger partial charge in [-0.3, -0.25) is 0 Å². The molecule has 0 bridgehead atoms. The van der Waals surface area contributed by atoms with Gasteiger partial charge in [-0.25, -0.2) is 0 Å². The fraction of sp³-hybridized carbons (Fsp3) is 0.